The van der Waals surface area contributed by atoms with Crippen LogP contribution in [0.15, 0.2) is 42.6 Å². The fourth-order valence-electron chi connectivity index (χ4n) is 2.28. The van der Waals surface area contributed by atoms with Crippen LogP contribution >= 0.6 is 0 Å². The number of hydrogen-bond acceptors (Lipinski definition) is 3. The maximum atomic E-state index is 12.8. The van der Waals surface area contributed by atoms with E-state index in [0.717, 1.165) is 24.8 Å². The minimum atomic E-state index is -0.242. The van der Waals surface area contributed by atoms with E-state index in [9.17, 15) is 9.18 Å². The fraction of sp³-hybridized carbons (Fsp3) is 0.294. The van der Waals surface area contributed by atoms with Crippen LogP contribution in [-0.2, 0) is 11.3 Å². The van der Waals surface area contributed by atoms with Crippen molar-refractivity contribution in [2.75, 3.05) is 10.6 Å². The average Bonchev–Trinajstić information content (AvgIpc) is 2.46. The van der Waals surface area contributed by atoms with Crippen LogP contribution in [0.5, 0.6) is 0 Å². The third-order valence-corrected chi connectivity index (χ3v) is 3.89. The predicted molar refractivity (Wildman–Crippen MR) is 83.9 cm³/mol. The highest BCUT2D eigenvalue weighted by Gasteiger charge is 2.25. The molecule has 3 rings (SSSR count). The third kappa shape index (κ3) is 3.61. The van der Waals surface area contributed by atoms with E-state index < -0.39 is 0 Å². The molecule has 0 spiro atoms. The van der Waals surface area contributed by atoms with E-state index in [1.807, 2.05) is 12.1 Å². The Hall–Kier alpha value is -2.43. The molecule has 1 aromatic heterocycles. The number of carbonyl (C=O) groups is 1. The van der Waals surface area contributed by atoms with Gasteiger partial charge in [0.1, 0.15) is 11.6 Å². The van der Waals surface area contributed by atoms with Gasteiger partial charge in [0.05, 0.1) is 11.9 Å². The minimum absolute atomic E-state index is 0.0834. The molecule has 0 radical (unpaired) electrons. The van der Waals surface area contributed by atoms with Gasteiger partial charge < -0.3 is 10.6 Å². The number of nitrogens with one attached hydrogen (secondary N) is 2. The van der Waals surface area contributed by atoms with Crippen LogP contribution in [0.3, 0.4) is 0 Å². The molecule has 1 aliphatic rings. The van der Waals surface area contributed by atoms with Gasteiger partial charge in [-0.1, -0.05) is 18.6 Å². The van der Waals surface area contributed by atoms with Crippen molar-refractivity contribution in [2.24, 2.45) is 5.92 Å². The van der Waals surface area contributed by atoms with E-state index >= 15 is 0 Å². The van der Waals surface area contributed by atoms with E-state index in [0.29, 0.717) is 18.1 Å². The van der Waals surface area contributed by atoms with Gasteiger partial charge in [-0.25, -0.2) is 9.37 Å². The summed E-state index contributed by atoms with van der Waals surface area (Å²) in [6.07, 6.45) is 4.75. The zero-order chi connectivity index (χ0) is 15.4. The van der Waals surface area contributed by atoms with Crippen molar-refractivity contribution in [3.05, 3.63) is 54.0 Å². The number of hydrogen-bond donors (Lipinski definition) is 2. The number of rotatable bonds is 5. The van der Waals surface area contributed by atoms with E-state index in [-0.39, 0.29) is 17.6 Å². The van der Waals surface area contributed by atoms with Gasteiger partial charge in [-0.3, -0.25) is 4.79 Å². The van der Waals surface area contributed by atoms with E-state index in [4.69, 9.17) is 0 Å². The van der Waals surface area contributed by atoms with Crippen LogP contribution in [0.4, 0.5) is 15.9 Å². The summed E-state index contributed by atoms with van der Waals surface area (Å²) in [5.74, 6) is 0.718. The lowest BCUT2D eigenvalue weighted by molar-refractivity contribution is -0.122. The summed E-state index contributed by atoms with van der Waals surface area (Å²) in [4.78, 5) is 16.1. The van der Waals surface area contributed by atoms with Crippen molar-refractivity contribution in [3.63, 3.8) is 0 Å². The van der Waals surface area contributed by atoms with Crippen molar-refractivity contribution in [3.8, 4) is 0 Å². The van der Waals surface area contributed by atoms with Crippen LogP contribution in [0.2, 0.25) is 0 Å². The smallest absolute Gasteiger partial charge is 0.227 e. The lowest BCUT2D eigenvalue weighted by atomic mass is 9.85. The molecule has 5 heteroatoms. The molecule has 0 saturated heterocycles. The number of anilines is 2. The van der Waals surface area contributed by atoms with E-state index in [1.165, 1.54) is 12.1 Å². The highest BCUT2D eigenvalue weighted by atomic mass is 19.1. The summed E-state index contributed by atoms with van der Waals surface area (Å²) in [6, 6.07) is 9.98. The molecule has 0 atom stereocenters. The SMILES string of the molecule is O=C(Nc1ccc(NCc2ccc(F)cc2)nc1)C1CCC1. The summed E-state index contributed by atoms with van der Waals surface area (Å²) in [5.41, 5.74) is 1.69. The Kier molecular flexibility index (Phi) is 4.32. The minimum Gasteiger partial charge on any atom is -0.366 e. The summed E-state index contributed by atoms with van der Waals surface area (Å²) < 4.78 is 12.8. The Morgan fingerprint density at radius 3 is 2.55 bits per heavy atom. The van der Waals surface area contributed by atoms with Crippen molar-refractivity contribution in [2.45, 2.75) is 25.8 Å². The first kappa shape index (κ1) is 14.5. The Labute approximate surface area is 128 Å². The Balaban J connectivity index is 1.52. The second-order valence-electron chi connectivity index (χ2n) is 5.53. The number of benzene rings is 1. The highest BCUT2D eigenvalue weighted by molar-refractivity contribution is 5.92. The van der Waals surface area contributed by atoms with Gasteiger partial charge >= 0.3 is 0 Å². The number of carbonyl (C=O) groups excluding carboxylic acids is 1. The van der Waals surface area contributed by atoms with Gasteiger partial charge in [-0.15, -0.1) is 0 Å². The summed E-state index contributed by atoms with van der Waals surface area (Å²) in [7, 11) is 0. The predicted octanol–water partition coefficient (Wildman–Crippen LogP) is 3.57. The first-order chi connectivity index (χ1) is 10.7. The zero-order valence-electron chi connectivity index (χ0n) is 12.2. The molecular formula is C17H18FN3O. The summed E-state index contributed by atoms with van der Waals surface area (Å²) in [5, 5.41) is 6.04. The monoisotopic (exact) mass is 299 g/mol. The first-order valence-corrected chi connectivity index (χ1v) is 7.46. The van der Waals surface area contributed by atoms with Crippen molar-refractivity contribution < 1.29 is 9.18 Å². The molecule has 1 aliphatic carbocycles. The zero-order valence-corrected chi connectivity index (χ0v) is 12.2. The Morgan fingerprint density at radius 2 is 1.95 bits per heavy atom. The maximum absolute atomic E-state index is 12.8. The molecule has 22 heavy (non-hydrogen) atoms. The largest absolute Gasteiger partial charge is 0.366 e. The standard InChI is InChI=1S/C17H18FN3O/c18-14-6-4-12(5-7-14)10-19-16-9-8-15(11-20-16)21-17(22)13-2-1-3-13/h4-9,11,13H,1-3,10H2,(H,19,20)(H,21,22). The lowest BCUT2D eigenvalue weighted by Crippen LogP contribution is -2.28. The van der Waals surface area contributed by atoms with Gasteiger partial charge in [0.2, 0.25) is 5.91 Å². The fourth-order valence-corrected chi connectivity index (χ4v) is 2.28. The molecule has 0 bridgehead atoms. The molecule has 1 amide bonds. The van der Waals surface area contributed by atoms with Gasteiger partial charge in [-0.2, -0.15) is 0 Å². The second-order valence-corrected chi connectivity index (χ2v) is 5.53. The molecular weight excluding hydrogens is 281 g/mol. The van der Waals surface area contributed by atoms with E-state index in [2.05, 4.69) is 15.6 Å². The molecule has 1 aromatic carbocycles. The molecule has 1 fully saturated rings. The number of halogens is 1. The molecule has 1 saturated carbocycles. The van der Waals surface area contributed by atoms with Crippen LogP contribution in [-0.4, -0.2) is 10.9 Å². The first-order valence-electron chi connectivity index (χ1n) is 7.46. The van der Waals surface area contributed by atoms with Gasteiger partial charge in [-0.05, 0) is 42.7 Å². The van der Waals surface area contributed by atoms with Gasteiger partial charge in [0, 0.05) is 12.5 Å². The molecule has 0 aliphatic heterocycles. The van der Waals surface area contributed by atoms with E-state index in [1.54, 1.807) is 18.3 Å². The molecule has 2 N–H and O–H groups in total. The normalized spacial score (nSPS) is 14.2. The average molecular weight is 299 g/mol. The topological polar surface area (TPSA) is 54.0 Å². The molecule has 4 nitrogen and oxygen atoms in total. The van der Waals surface area contributed by atoms with Crippen molar-refractivity contribution >= 4 is 17.4 Å². The summed E-state index contributed by atoms with van der Waals surface area (Å²) >= 11 is 0. The van der Waals surface area contributed by atoms with Crippen LogP contribution in [0.1, 0.15) is 24.8 Å². The highest BCUT2D eigenvalue weighted by Crippen LogP contribution is 2.27. The number of pyridine rings is 1. The Bertz CT molecular complexity index is 636. The number of nitrogens with zero attached hydrogens (tertiary/aromatic N) is 1. The van der Waals surface area contributed by atoms with Crippen LogP contribution in [0.25, 0.3) is 0 Å². The quantitative estimate of drug-likeness (QED) is 0.887. The summed E-state index contributed by atoms with van der Waals surface area (Å²) in [6.45, 7) is 0.570. The maximum Gasteiger partial charge on any atom is 0.227 e. The molecule has 2 aromatic rings. The van der Waals surface area contributed by atoms with Gasteiger partial charge in [0.25, 0.3) is 0 Å². The van der Waals surface area contributed by atoms with Crippen LogP contribution in [0, 0.1) is 11.7 Å². The second kappa shape index (κ2) is 6.56. The lowest BCUT2D eigenvalue weighted by Gasteiger charge is -2.23. The molecule has 0 unspecified atom stereocenters. The molecule has 114 valence electrons. The van der Waals surface area contributed by atoms with Crippen molar-refractivity contribution in [1.29, 1.82) is 0 Å². The van der Waals surface area contributed by atoms with Gasteiger partial charge in [0.15, 0.2) is 0 Å². The third-order valence-electron chi connectivity index (χ3n) is 3.89. The number of amides is 1. The van der Waals surface area contributed by atoms with Crippen molar-refractivity contribution in [1.82, 2.24) is 4.98 Å². The molecule has 1 heterocycles. The number of aromatic nitrogens is 1. The van der Waals surface area contributed by atoms with Crippen LogP contribution < -0.4 is 10.6 Å². The Morgan fingerprint density at radius 1 is 1.18 bits per heavy atom.